The van der Waals surface area contributed by atoms with E-state index in [-0.39, 0.29) is 24.9 Å². The Kier molecular flexibility index (Phi) is 7.78. The van der Waals surface area contributed by atoms with Crippen LogP contribution in [0, 0.1) is 0 Å². The summed E-state index contributed by atoms with van der Waals surface area (Å²) in [5.74, 6) is -0.532. The fourth-order valence-corrected chi connectivity index (χ4v) is 2.55. The summed E-state index contributed by atoms with van der Waals surface area (Å²) in [6, 6.07) is 4.01. The Morgan fingerprint density at radius 3 is 2.65 bits per heavy atom. The number of rotatable bonds is 5. The van der Waals surface area contributed by atoms with Gasteiger partial charge in [0.05, 0.1) is 17.9 Å². The standard InChI is InChI=1S/C15H20ClN3O3.ClH/c1-22-9-12(17)14(20)18-13-5-4-10(16)8-11(13)15(21)19-6-2-3-7-19;/h4-5,8,12H,2-3,6-7,9,17H2,1H3,(H,18,20);1H. The van der Waals surface area contributed by atoms with Gasteiger partial charge in [-0.2, -0.15) is 0 Å². The molecule has 1 saturated heterocycles. The van der Waals surface area contributed by atoms with Crippen LogP contribution in [0.3, 0.4) is 0 Å². The zero-order valence-corrected chi connectivity index (χ0v) is 14.5. The number of nitrogens with two attached hydrogens (primary N) is 1. The molecular weight excluding hydrogens is 341 g/mol. The molecular formula is C15H21Cl2N3O3. The molecule has 2 amide bonds. The van der Waals surface area contributed by atoms with E-state index in [4.69, 9.17) is 22.1 Å². The summed E-state index contributed by atoms with van der Waals surface area (Å²) in [7, 11) is 1.47. The molecule has 1 aliphatic heterocycles. The van der Waals surface area contributed by atoms with Crippen LogP contribution in [-0.4, -0.2) is 49.6 Å². The van der Waals surface area contributed by atoms with Gasteiger partial charge in [0.1, 0.15) is 6.04 Å². The van der Waals surface area contributed by atoms with Crippen molar-refractivity contribution in [2.45, 2.75) is 18.9 Å². The van der Waals surface area contributed by atoms with Crippen LogP contribution in [0.15, 0.2) is 18.2 Å². The van der Waals surface area contributed by atoms with Crippen LogP contribution in [0.2, 0.25) is 5.02 Å². The monoisotopic (exact) mass is 361 g/mol. The molecule has 1 aliphatic rings. The summed E-state index contributed by atoms with van der Waals surface area (Å²) in [5.41, 5.74) is 6.49. The van der Waals surface area contributed by atoms with Gasteiger partial charge in [-0.1, -0.05) is 11.6 Å². The zero-order chi connectivity index (χ0) is 16.1. The van der Waals surface area contributed by atoms with E-state index in [0.29, 0.717) is 16.3 Å². The van der Waals surface area contributed by atoms with Crippen molar-refractivity contribution >= 4 is 41.5 Å². The van der Waals surface area contributed by atoms with Gasteiger partial charge in [-0.3, -0.25) is 9.59 Å². The van der Waals surface area contributed by atoms with Crippen molar-refractivity contribution in [3.05, 3.63) is 28.8 Å². The third-order valence-electron chi connectivity index (χ3n) is 3.55. The predicted molar refractivity (Wildman–Crippen MR) is 92.3 cm³/mol. The first kappa shape index (κ1) is 19.7. The lowest BCUT2D eigenvalue weighted by atomic mass is 10.1. The average molecular weight is 362 g/mol. The third kappa shape index (κ3) is 5.07. The van der Waals surface area contributed by atoms with Crippen LogP contribution in [-0.2, 0) is 9.53 Å². The fraction of sp³-hybridized carbons (Fsp3) is 0.467. The summed E-state index contributed by atoms with van der Waals surface area (Å²) in [4.78, 5) is 26.3. The number of benzene rings is 1. The summed E-state index contributed by atoms with van der Waals surface area (Å²) in [6.07, 6.45) is 1.99. The van der Waals surface area contributed by atoms with E-state index in [2.05, 4.69) is 5.32 Å². The van der Waals surface area contributed by atoms with Gasteiger partial charge >= 0.3 is 0 Å². The van der Waals surface area contributed by atoms with E-state index in [9.17, 15) is 9.59 Å². The number of hydrogen-bond donors (Lipinski definition) is 2. The summed E-state index contributed by atoms with van der Waals surface area (Å²) < 4.78 is 4.86. The molecule has 0 bridgehead atoms. The number of hydrogen-bond acceptors (Lipinski definition) is 4. The number of halogens is 2. The van der Waals surface area contributed by atoms with Crippen molar-refractivity contribution in [1.29, 1.82) is 0 Å². The largest absolute Gasteiger partial charge is 0.383 e. The molecule has 0 aliphatic carbocycles. The molecule has 0 radical (unpaired) electrons. The van der Waals surface area contributed by atoms with E-state index < -0.39 is 11.9 Å². The first-order chi connectivity index (χ1) is 10.5. The van der Waals surface area contributed by atoms with Crippen molar-refractivity contribution in [2.24, 2.45) is 5.73 Å². The lowest BCUT2D eigenvalue weighted by Gasteiger charge is -2.19. The molecule has 128 valence electrons. The number of likely N-dealkylation sites (tertiary alicyclic amines) is 1. The fourth-order valence-electron chi connectivity index (χ4n) is 2.37. The maximum absolute atomic E-state index is 12.6. The minimum Gasteiger partial charge on any atom is -0.383 e. The van der Waals surface area contributed by atoms with Crippen LogP contribution >= 0.6 is 24.0 Å². The molecule has 0 aromatic heterocycles. The second kappa shape index (κ2) is 9.08. The molecule has 6 nitrogen and oxygen atoms in total. The molecule has 1 atom stereocenters. The summed E-state index contributed by atoms with van der Waals surface area (Å²) in [5, 5.41) is 3.12. The molecule has 0 spiro atoms. The number of amides is 2. The zero-order valence-electron chi connectivity index (χ0n) is 12.9. The second-order valence-electron chi connectivity index (χ2n) is 5.24. The van der Waals surface area contributed by atoms with Crippen molar-refractivity contribution in [3.8, 4) is 0 Å². The minimum atomic E-state index is -0.796. The van der Waals surface area contributed by atoms with Crippen LogP contribution < -0.4 is 11.1 Å². The number of anilines is 1. The predicted octanol–water partition coefficient (Wildman–Crippen LogP) is 1.91. The highest BCUT2D eigenvalue weighted by Crippen LogP contribution is 2.24. The molecule has 1 aromatic rings. The van der Waals surface area contributed by atoms with Crippen molar-refractivity contribution in [2.75, 3.05) is 32.1 Å². The summed E-state index contributed by atoms with van der Waals surface area (Å²) >= 11 is 5.99. The van der Waals surface area contributed by atoms with Gasteiger partial charge in [0.2, 0.25) is 5.91 Å². The van der Waals surface area contributed by atoms with Crippen molar-refractivity contribution in [3.63, 3.8) is 0 Å². The Labute approximate surface area is 146 Å². The van der Waals surface area contributed by atoms with Gasteiger partial charge in [0.25, 0.3) is 5.91 Å². The number of methoxy groups -OCH3 is 1. The van der Waals surface area contributed by atoms with E-state index in [1.54, 1.807) is 23.1 Å². The molecule has 3 N–H and O–H groups in total. The van der Waals surface area contributed by atoms with E-state index in [1.165, 1.54) is 7.11 Å². The Bertz CT molecular complexity index is 563. The van der Waals surface area contributed by atoms with Crippen LogP contribution in [0.1, 0.15) is 23.2 Å². The first-order valence-corrected chi connectivity index (χ1v) is 7.55. The van der Waals surface area contributed by atoms with Gasteiger partial charge in [0.15, 0.2) is 0 Å². The first-order valence-electron chi connectivity index (χ1n) is 7.17. The van der Waals surface area contributed by atoms with E-state index >= 15 is 0 Å². The highest BCUT2D eigenvalue weighted by molar-refractivity contribution is 6.31. The van der Waals surface area contributed by atoms with Crippen LogP contribution in [0.25, 0.3) is 0 Å². The van der Waals surface area contributed by atoms with Gasteiger partial charge in [-0.05, 0) is 31.0 Å². The SMILES string of the molecule is COCC(N)C(=O)Nc1ccc(Cl)cc1C(=O)N1CCCC1.Cl. The molecule has 1 aromatic carbocycles. The highest BCUT2D eigenvalue weighted by atomic mass is 35.5. The summed E-state index contributed by atoms with van der Waals surface area (Å²) in [6.45, 7) is 1.55. The number of ether oxygens (including phenoxy) is 1. The number of nitrogens with one attached hydrogen (secondary N) is 1. The molecule has 2 rings (SSSR count). The molecule has 8 heteroatoms. The van der Waals surface area contributed by atoms with Crippen LogP contribution in [0.5, 0.6) is 0 Å². The second-order valence-corrected chi connectivity index (χ2v) is 5.68. The van der Waals surface area contributed by atoms with Gasteiger partial charge in [0, 0.05) is 25.2 Å². The lowest BCUT2D eigenvalue weighted by molar-refractivity contribution is -0.118. The normalized spacial score (nSPS) is 15.0. The van der Waals surface area contributed by atoms with Gasteiger partial charge < -0.3 is 20.7 Å². The Morgan fingerprint density at radius 2 is 2.04 bits per heavy atom. The number of nitrogens with zero attached hydrogens (tertiary/aromatic N) is 1. The highest BCUT2D eigenvalue weighted by Gasteiger charge is 2.23. The maximum atomic E-state index is 12.6. The van der Waals surface area contributed by atoms with E-state index in [0.717, 1.165) is 25.9 Å². The third-order valence-corrected chi connectivity index (χ3v) is 3.78. The van der Waals surface area contributed by atoms with Gasteiger partial charge in [-0.25, -0.2) is 0 Å². The molecule has 1 unspecified atom stereocenters. The molecule has 23 heavy (non-hydrogen) atoms. The topological polar surface area (TPSA) is 84.7 Å². The minimum absolute atomic E-state index is 0. The maximum Gasteiger partial charge on any atom is 0.256 e. The van der Waals surface area contributed by atoms with Crippen LogP contribution in [0.4, 0.5) is 5.69 Å². The average Bonchev–Trinajstić information content (AvgIpc) is 3.02. The van der Waals surface area contributed by atoms with Crippen molar-refractivity contribution in [1.82, 2.24) is 4.90 Å². The molecule has 0 saturated carbocycles. The van der Waals surface area contributed by atoms with Crippen molar-refractivity contribution < 1.29 is 14.3 Å². The Morgan fingerprint density at radius 1 is 1.39 bits per heavy atom. The smallest absolute Gasteiger partial charge is 0.256 e. The quantitative estimate of drug-likeness (QED) is 0.838. The Hall–Kier alpha value is -1.34. The molecule has 1 fully saturated rings. The van der Waals surface area contributed by atoms with E-state index in [1.807, 2.05) is 0 Å². The number of carbonyl (C=O) groups excluding carboxylic acids is 2. The lowest BCUT2D eigenvalue weighted by Crippen LogP contribution is -2.39. The Balaban J connectivity index is 0.00000264. The molecule has 1 heterocycles. The number of carbonyl (C=O) groups is 2. The van der Waals surface area contributed by atoms with Gasteiger partial charge in [-0.15, -0.1) is 12.4 Å².